The molecule has 1 saturated heterocycles. The van der Waals surface area contributed by atoms with Gasteiger partial charge in [0.15, 0.2) is 6.79 Å². The minimum Gasteiger partial charge on any atom is -0.467 e. The number of ether oxygens (including phenoxy) is 3. The molecule has 1 aromatic rings. The maximum absolute atomic E-state index is 12.7. The number of hydrogen-bond acceptors (Lipinski definition) is 5. The number of benzene rings is 1. The van der Waals surface area contributed by atoms with Gasteiger partial charge in [0, 0.05) is 20.2 Å². The standard InChI is InChI=1S/C21H33Cl2NO5Si/c1-21(2,3)29-20(26)24-12-14(25)11-16(24)18-17(8-7-15(22)19(18)23)28-13-27-9-10-30(4,5)6/h7-8,14,16,25H,9-13H2,1-6H3/t14?,16-/m1/s1. The molecule has 1 unspecified atom stereocenters. The van der Waals surface area contributed by atoms with Crippen LogP contribution >= 0.6 is 23.2 Å². The molecule has 0 saturated carbocycles. The van der Waals surface area contributed by atoms with Crippen molar-refractivity contribution in [2.45, 2.75) is 70.6 Å². The zero-order valence-electron chi connectivity index (χ0n) is 18.6. The van der Waals surface area contributed by atoms with Gasteiger partial charge in [-0.2, -0.15) is 0 Å². The van der Waals surface area contributed by atoms with Gasteiger partial charge in [0.25, 0.3) is 0 Å². The first kappa shape index (κ1) is 25.3. The molecule has 1 aliphatic heterocycles. The highest BCUT2D eigenvalue weighted by Gasteiger charge is 2.40. The van der Waals surface area contributed by atoms with Crippen LogP contribution in [-0.2, 0) is 9.47 Å². The van der Waals surface area contributed by atoms with E-state index in [0.29, 0.717) is 34.4 Å². The Balaban J connectivity index is 2.21. The number of likely N-dealkylation sites (tertiary alicyclic amines) is 1. The van der Waals surface area contributed by atoms with E-state index in [2.05, 4.69) is 19.6 Å². The molecule has 0 radical (unpaired) electrons. The Morgan fingerprint density at radius 3 is 2.53 bits per heavy atom. The van der Waals surface area contributed by atoms with Crippen LogP contribution in [0.15, 0.2) is 12.1 Å². The quantitative estimate of drug-likeness (QED) is 0.308. The molecule has 0 aliphatic carbocycles. The van der Waals surface area contributed by atoms with Crippen molar-refractivity contribution in [1.29, 1.82) is 0 Å². The molecule has 0 aromatic heterocycles. The van der Waals surface area contributed by atoms with E-state index >= 15 is 0 Å². The number of nitrogens with zero attached hydrogens (tertiary/aromatic N) is 1. The third-order valence-corrected chi connectivity index (χ3v) is 7.15. The summed E-state index contributed by atoms with van der Waals surface area (Å²) in [7, 11) is -1.19. The van der Waals surface area contributed by atoms with Crippen molar-refractivity contribution in [2.24, 2.45) is 0 Å². The van der Waals surface area contributed by atoms with Crippen LogP contribution in [-0.4, -0.2) is 55.8 Å². The molecule has 2 rings (SSSR count). The predicted octanol–water partition coefficient (Wildman–Crippen LogP) is 5.73. The zero-order valence-corrected chi connectivity index (χ0v) is 21.1. The smallest absolute Gasteiger partial charge is 0.410 e. The van der Waals surface area contributed by atoms with Crippen LogP contribution in [0, 0.1) is 0 Å². The first-order chi connectivity index (χ1) is 13.8. The number of halogens is 2. The summed E-state index contributed by atoms with van der Waals surface area (Å²) >= 11 is 12.8. The number of rotatable bonds is 7. The summed E-state index contributed by atoms with van der Waals surface area (Å²) in [5.41, 5.74) is -0.100. The minimum absolute atomic E-state index is 0.0666. The molecular formula is C21H33Cl2NO5Si. The highest BCUT2D eigenvalue weighted by Crippen LogP contribution is 2.44. The third-order valence-electron chi connectivity index (χ3n) is 4.63. The highest BCUT2D eigenvalue weighted by atomic mass is 35.5. The van der Waals surface area contributed by atoms with Crippen molar-refractivity contribution in [1.82, 2.24) is 4.90 Å². The third kappa shape index (κ3) is 7.30. The molecule has 0 bridgehead atoms. The molecule has 1 fully saturated rings. The van der Waals surface area contributed by atoms with E-state index in [1.165, 1.54) is 4.90 Å². The van der Waals surface area contributed by atoms with E-state index in [1.807, 2.05) is 0 Å². The lowest BCUT2D eigenvalue weighted by Gasteiger charge is -2.30. The van der Waals surface area contributed by atoms with Crippen LogP contribution in [0.25, 0.3) is 0 Å². The Morgan fingerprint density at radius 2 is 1.93 bits per heavy atom. The molecule has 1 amide bonds. The van der Waals surface area contributed by atoms with Crippen molar-refractivity contribution in [3.05, 3.63) is 27.7 Å². The molecule has 170 valence electrons. The van der Waals surface area contributed by atoms with E-state index in [4.69, 9.17) is 37.4 Å². The van der Waals surface area contributed by atoms with Gasteiger partial charge in [-0.3, -0.25) is 4.90 Å². The van der Waals surface area contributed by atoms with Crippen LogP contribution < -0.4 is 4.74 Å². The Hall–Kier alpha value is -0.993. The lowest BCUT2D eigenvalue weighted by molar-refractivity contribution is 0.0164. The Morgan fingerprint density at radius 1 is 1.27 bits per heavy atom. The van der Waals surface area contributed by atoms with Gasteiger partial charge in [-0.1, -0.05) is 42.8 Å². The summed E-state index contributed by atoms with van der Waals surface area (Å²) in [5, 5.41) is 10.9. The Kier molecular flexibility index (Phi) is 8.49. The number of aliphatic hydroxyl groups excluding tert-OH is 1. The molecule has 1 N–H and O–H groups in total. The fourth-order valence-electron chi connectivity index (χ4n) is 3.14. The maximum Gasteiger partial charge on any atom is 0.410 e. The fourth-order valence-corrected chi connectivity index (χ4v) is 4.34. The lowest BCUT2D eigenvalue weighted by Crippen LogP contribution is -2.37. The second kappa shape index (κ2) is 10.1. The maximum atomic E-state index is 12.7. The molecule has 1 aliphatic rings. The van der Waals surface area contributed by atoms with Gasteiger partial charge in [0.1, 0.15) is 11.4 Å². The molecule has 30 heavy (non-hydrogen) atoms. The van der Waals surface area contributed by atoms with Crippen molar-refractivity contribution in [3.8, 4) is 5.75 Å². The van der Waals surface area contributed by atoms with Crippen molar-refractivity contribution >= 4 is 37.4 Å². The SMILES string of the molecule is CC(C)(C)OC(=O)N1CC(O)C[C@@H]1c1c(OCOCC[Si](C)(C)C)ccc(Cl)c1Cl. The van der Waals surface area contributed by atoms with E-state index in [-0.39, 0.29) is 13.3 Å². The number of hydrogen-bond donors (Lipinski definition) is 1. The first-order valence-corrected chi connectivity index (χ1v) is 14.6. The van der Waals surface area contributed by atoms with Crippen LogP contribution in [0.2, 0.25) is 35.7 Å². The van der Waals surface area contributed by atoms with Crippen molar-refractivity contribution in [3.63, 3.8) is 0 Å². The van der Waals surface area contributed by atoms with Gasteiger partial charge in [0.05, 0.1) is 28.7 Å². The molecule has 0 spiro atoms. The summed E-state index contributed by atoms with van der Waals surface area (Å²) in [4.78, 5) is 14.2. The van der Waals surface area contributed by atoms with Gasteiger partial charge in [0.2, 0.25) is 0 Å². The van der Waals surface area contributed by atoms with Crippen LogP contribution in [0.4, 0.5) is 4.79 Å². The van der Waals surface area contributed by atoms with Crippen LogP contribution in [0.3, 0.4) is 0 Å². The summed E-state index contributed by atoms with van der Waals surface area (Å²) in [6, 6.07) is 3.88. The topological polar surface area (TPSA) is 68.2 Å². The van der Waals surface area contributed by atoms with Crippen molar-refractivity contribution < 1.29 is 24.1 Å². The van der Waals surface area contributed by atoms with Gasteiger partial charge in [-0.15, -0.1) is 0 Å². The zero-order chi connectivity index (χ0) is 22.7. The Labute approximate surface area is 190 Å². The van der Waals surface area contributed by atoms with E-state index in [1.54, 1.807) is 32.9 Å². The lowest BCUT2D eigenvalue weighted by atomic mass is 10.0. The predicted molar refractivity (Wildman–Crippen MR) is 122 cm³/mol. The largest absolute Gasteiger partial charge is 0.467 e. The monoisotopic (exact) mass is 477 g/mol. The molecule has 1 heterocycles. The summed E-state index contributed by atoms with van der Waals surface area (Å²) in [6.07, 6.45) is -0.901. The number of amides is 1. The van der Waals surface area contributed by atoms with Crippen LogP contribution in [0.1, 0.15) is 38.8 Å². The average molecular weight is 478 g/mol. The fraction of sp³-hybridized carbons (Fsp3) is 0.667. The van der Waals surface area contributed by atoms with Crippen molar-refractivity contribution in [2.75, 3.05) is 19.9 Å². The second-order valence-electron chi connectivity index (χ2n) is 9.79. The van der Waals surface area contributed by atoms with Gasteiger partial charge >= 0.3 is 6.09 Å². The van der Waals surface area contributed by atoms with E-state index in [9.17, 15) is 9.90 Å². The van der Waals surface area contributed by atoms with Crippen LogP contribution in [0.5, 0.6) is 5.75 Å². The number of carbonyl (C=O) groups is 1. The number of β-amino-alcohol motifs (C(OH)–C–C–N with tert-alkyl or cyclic N) is 1. The summed E-state index contributed by atoms with van der Waals surface area (Å²) in [5.74, 6) is 0.477. The number of carbonyl (C=O) groups excluding carboxylic acids is 1. The first-order valence-electron chi connectivity index (χ1n) is 10.1. The minimum atomic E-state index is -1.19. The van der Waals surface area contributed by atoms with Gasteiger partial charge in [-0.25, -0.2) is 4.79 Å². The van der Waals surface area contributed by atoms with E-state index in [0.717, 1.165) is 6.04 Å². The second-order valence-corrected chi connectivity index (χ2v) is 16.2. The van der Waals surface area contributed by atoms with Gasteiger partial charge < -0.3 is 19.3 Å². The van der Waals surface area contributed by atoms with Gasteiger partial charge in [-0.05, 0) is 45.4 Å². The Bertz CT molecular complexity index is 748. The number of aliphatic hydroxyl groups is 1. The molecule has 2 atom stereocenters. The molecular weight excluding hydrogens is 445 g/mol. The highest BCUT2D eigenvalue weighted by molar-refractivity contribution is 6.76. The average Bonchev–Trinajstić information content (AvgIpc) is 2.97. The summed E-state index contributed by atoms with van der Waals surface area (Å²) in [6.45, 7) is 13.1. The molecule has 1 aromatic carbocycles. The normalized spacial score (nSPS) is 19.8. The molecule has 6 nitrogen and oxygen atoms in total. The van der Waals surface area contributed by atoms with E-state index < -0.39 is 31.9 Å². The molecule has 9 heteroatoms. The summed E-state index contributed by atoms with van der Waals surface area (Å²) < 4.78 is 17.0.